The van der Waals surface area contributed by atoms with Crippen molar-refractivity contribution in [2.75, 3.05) is 13.1 Å². The van der Waals surface area contributed by atoms with Crippen molar-refractivity contribution >= 4 is 28.4 Å². The number of carbonyl (C=O) groups excluding carboxylic acids is 1. The average Bonchev–Trinajstić information content (AvgIpc) is 2.49. The fourth-order valence-electron chi connectivity index (χ4n) is 3.78. The van der Waals surface area contributed by atoms with Crippen molar-refractivity contribution in [3.8, 4) is 0 Å². The van der Waals surface area contributed by atoms with Crippen LogP contribution in [0.4, 0.5) is 0 Å². The lowest BCUT2D eigenvalue weighted by molar-refractivity contribution is -0.130. The monoisotopic (exact) mass is 423 g/mol. The van der Waals surface area contributed by atoms with Crippen molar-refractivity contribution < 1.29 is 10.0 Å². The van der Waals surface area contributed by atoms with Crippen LogP contribution in [0.1, 0.15) is 52.4 Å². The molecule has 1 saturated carbocycles. The summed E-state index contributed by atoms with van der Waals surface area (Å²) in [6.07, 6.45) is 5.77. The molecule has 5 atom stereocenters. The van der Waals surface area contributed by atoms with Crippen LogP contribution in [0.3, 0.4) is 0 Å². The molecule has 5 nitrogen and oxygen atoms in total. The predicted molar refractivity (Wildman–Crippen MR) is 95.0 cm³/mol. The number of ketones is 1. The van der Waals surface area contributed by atoms with Crippen molar-refractivity contribution in [3.05, 3.63) is 5.21 Å². The Bertz CT molecular complexity index is 380. The van der Waals surface area contributed by atoms with Crippen LogP contribution in [0.25, 0.3) is 0 Å². The summed E-state index contributed by atoms with van der Waals surface area (Å²) in [6.45, 7) is 5.95. The summed E-state index contributed by atoms with van der Waals surface area (Å²) in [4.78, 5) is 15.0. The summed E-state index contributed by atoms with van der Waals surface area (Å²) in [5, 5.41) is 20.5. The maximum atomic E-state index is 12.6. The molecule has 0 aromatic rings. The van der Waals surface area contributed by atoms with E-state index in [-0.39, 0.29) is 20.9 Å². The second kappa shape index (κ2) is 8.37. The Hall–Kier alpha value is 0.240. The van der Waals surface area contributed by atoms with Gasteiger partial charge in [0.25, 0.3) is 0 Å². The molecule has 1 heterocycles. The fraction of sp³-hybridized carbons (Fsp3) is 0.938. The van der Waals surface area contributed by atoms with Crippen molar-refractivity contribution in [1.29, 1.82) is 0 Å². The molecule has 0 spiro atoms. The lowest BCUT2D eigenvalue weighted by atomic mass is 9.82. The maximum Gasteiger partial charge on any atom is 0.149 e. The van der Waals surface area contributed by atoms with Crippen LogP contribution in [-0.4, -0.2) is 50.2 Å². The van der Waals surface area contributed by atoms with E-state index in [1.54, 1.807) is 0 Å². The Morgan fingerprint density at radius 1 is 1.36 bits per heavy atom. The topological polar surface area (TPSA) is 66.8 Å². The zero-order valence-corrected chi connectivity index (χ0v) is 15.7. The molecule has 2 rings (SSSR count). The third kappa shape index (κ3) is 4.63. The molecule has 1 N–H and O–H groups in total. The average molecular weight is 423 g/mol. The minimum atomic E-state index is -0.439. The first kappa shape index (κ1) is 18.6. The second-order valence-corrected chi connectivity index (χ2v) is 8.59. The molecular weight excluding hydrogens is 395 g/mol. The molecule has 22 heavy (non-hydrogen) atoms. The van der Waals surface area contributed by atoms with Gasteiger partial charge in [-0.2, -0.15) is 0 Å². The molecule has 1 aliphatic heterocycles. The number of carbonyl (C=O) groups is 1. The van der Waals surface area contributed by atoms with Gasteiger partial charge in [-0.25, -0.2) is 0 Å². The molecule has 1 saturated heterocycles. The molecule has 2 aliphatic rings. The molecule has 0 aromatic heterocycles. The van der Waals surface area contributed by atoms with Gasteiger partial charge in [-0.1, -0.05) is 35.9 Å². The van der Waals surface area contributed by atoms with Crippen molar-refractivity contribution in [3.63, 3.8) is 0 Å². The molecule has 1 aliphatic carbocycles. The summed E-state index contributed by atoms with van der Waals surface area (Å²) in [5.41, 5.74) is 0. The first-order valence-corrected chi connectivity index (χ1v) is 9.73. The van der Waals surface area contributed by atoms with E-state index < -0.39 is 6.04 Å². The van der Waals surface area contributed by atoms with Crippen molar-refractivity contribution in [1.82, 2.24) is 10.1 Å². The highest BCUT2D eigenvalue weighted by molar-refractivity contribution is 14.1. The van der Waals surface area contributed by atoms with Crippen molar-refractivity contribution in [2.24, 2.45) is 11.8 Å². The fourth-order valence-corrected chi connectivity index (χ4v) is 4.70. The van der Waals surface area contributed by atoms with Gasteiger partial charge in [-0.3, -0.25) is 14.9 Å². The lowest BCUT2D eigenvalue weighted by Gasteiger charge is -2.41. The van der Waals surface area contributed by atoms with E-state index in [9.17, 15) is 15.2 Å². The number of hydrogen-bond acceptors (Lipinski definition) is 5. The summed E-state index contributed by atoms with van der Waals surface area (Å²) < 4.78 is 0.127. The number of hydrogen-bond donors (Lipinski definition) is 1. The van der Waals surface area contributed by atoms with Crippen LogP contribution in [0.15, 0.2) is 0 Å². The molecule has 0 bridgehead atoms. The summed E-state index contributed by atoms with van der Waals surface area (Å²) in [6, 6.07) is 0.0304. The quantitative estimate of drug-likeness (QED) is 0.418. The largest absolute Gasteiger partial charge is 0.762 e. The minimum Gasteiger partial charge on any atom is -0.762 e. The second-order valence-electron chi connectivity index (χ2n) is 6.99. The zero-order valence-electron chi connectivity index (χ0n) is 13.6. The first-order chi connectivity index (χ1) is 10.4. The molecule has 5 unspecified atom stereocenters. The van der Waals surface area contributed by atoms with Crippen LogP contribution in [0, 0.1) is 17.0 Å². The van der Waals surface area contributed by atoms with Gasteiger partial charge in [0, 0.05) is 28.5 Å². The molecule has 128 valence electrons. The highest BCUT2D eigenvalue weighted by atomic mass is 127. The summed E-state index contributed by atoms with van der Waals surface area (Å²) >= 11 is 2.21. The number of likely N-dealkylation sites (tertiary alicyclic amines) is 1. The van der Waals surface area contributed by atoms with Gasteiger partial charge in [0.1, 0.15) is 5.78 Å². The number of nitrogens with zero attached hydrogens (tertiary/aromatic N) is 2. The molecule has 0 radical (unpaired) electrons. The first-order valence-electron chi connectivity index (χ1n) is 8.48. The number of piperidine rings is 1. The van der Waals surface area contributed by atoms with Gasteiger partial charge in [-0.15, -0.1) is 0 Å². The standard InChI is InChI=1S/C16H28IN2O3/c1-3-12-5-4-11(2)18(9-12)10-16(20)13-6-7-14(17)15(8-13)19(21)22/h11-15,21H,3-10H2,1-2H3/q-1. The Morgan fingerprint density at radius 3 is 2.73 bits per heavy atom. The van der Waals surface area contributed by atoms with E-state index in [2.05, 4.69) is 41.3 Å². The minimum absolute atomic E-state index is 0.0627. The van der Waals surface area contributed by atoms with E-state index >= 15 is 0 Å². The molecule has 0 aromatic carbocycles. The number of rotatable bonds is 5. The van der Waals surface area contributed by atoms with Crippen molar-refractivity contribution in [2.45, 2.75) is 68.4 Å². The Labute approximate surface area is 147 Å². The van der Waals surface area contributed by atoms with Gasteiger partial charge in [-0.05, 0) is 44.9 Å². The highest BCUT2D eigenvalue weighted by Gasteiger charge is 2.35. The van der Waals surface area contributed by atoms with Crippen LogP contribution in [0.5, 0.6) is 0 Å². The highest BCUT2D eigenvalue weighted by Crippen LogP contribution is 2.33. The van der Waals surface area contributed by atoms with Crippen LogP contribution < -0.4 is 0 Å². The van der Waals surface area contributed by atoms with Gasteiger partial charge in [0.2, 0.25) is 0 Å². The predicted octanol–water partition coefficient (Wildman–Crippen LogP) is 3.23. The van der Waals surface area contributed by atoms with Gasteiger partial charge in [0.15, 0.2) is 0 Å². The number of hydroxylamine groups is 2. The van der Waals surface area contributed by atoms with E-state index in [1.807, 2.05) is 0 Å². The zero-order chi connectivity index (χ0) is 16.3. The Balaban J connectivity index is 1.91. The van der Waals surface area contributed by atoms with E-state index in [1.165, 1.54) is 19.3 Å². The Morgan fingerprint density at radius 2 is 2.09 bits per heavy atom. The molecule has 6 heteroatoms. The molecule has 0 amide bonds. The van der Waals surface area contributed by atoms with Crippen LogP contribution in [-0.2, 0) is 4.79 Å². The number of alkyl halides is 1. The Kier molecular flexibility index (Phi) is 7.07. The normalized spacial score (nSPS) is 37.5. The maximum absolute atomic E-state index is 12.6. The molecule has 2 fully saturated rings. The van der Waals surface area contributed by atoms with E-state index in [0.717, 1.165) is 19.4 Å². The molecular formula is C16H28IN2O3-. The summed E-state index contributed by atoms with van der Waals surface area (Å²) in [5.74, 6) is 0.879. The lowest BCUT2D eigenvalue weighted by Crippen LogP contribution is -2.47. The van der Waals surface area contributed by atoms with Gasteiger partial charge >= 0.3 is 0 Å². The van der Waals surface area contributed by atoms with Gasteiger partial charge < -0.3 is 10.4 Å². The number of halogens is 1. The van der Waals surface area contributed by atoms with E-state index in [0.29, 0.717) is 24.9 Å². The third-order valence-corrected chi connectivity index (χ3v) is 6.97. The summed E-state index contributed by atoms with van der Waals surface area (Å²) in [7, 11) is 0. The van der Waals surface area contributed by atoms with Crippen LogP contribution in [0.2, 0.25) is 0 Å². The van der Waals surface area contributed by atoms with E-state index in [4.69, 9.17) is 0 Å². The van der Waals surface area contributed by atoms with Crippen LogP contribution >= 0.6 is 22.6 Å². The SMILES string of the molecule is CCC1CCC(C)N(CC(=O)C2CCC(I)C(N([O-])O)C2)C1. The third-order valence-electron chi connectivity index (χ3n) is 5.52. The van der Waals surface area contributed by atoms with Gasteiger partial charge in [0.05, 0.1) is 6.54 Å². The smallest absolute Gasteiger partial charge is 0.149 e. The number of Topliss-reactive ketones (excluding diaryl/α,β-unsaturated/α-hetero) is 1.